The van der Waals surface area contributed by atoms with Gasteiger partial charge < -0.3 is 19.8 Å². The average Bonchev–Trinajstić information content (AvgIpc) is 3.29. The van der Waals surface area contributed by atoms with Gasteiger partial charge in [-0.15, -0.1) is 0 Å². The van der Waals surface area contributed by atoms with Crippen molar-refractivity contribution in [3.8, 4) is 0 Å². The van der Waals surface area contributed by atoms with Crippen molar-refractivity contribution in [1.82, 2.24) is 5.32 Å². The molecule has 1 amide bonds. The number of allylic oxidation sites excluding steroid dienone is 2. The molecule has 0 rings (SSSR count). The van der Waals surface area contributed by atoms with E-state index in [1.54, 1.807) is 0 Å². The number of nitrogens with one attached hydrogen (secondary N) is 1. The molecule has 0 aromatic rings. The van der Waals surface area contributed by atoms with Crippen LogP contribution in [0.25, 0.3) is 0 Å². The highest BCUT2D eigenvalue weighted by Crippen LogP contribution is 2.43. The minimum atomic E-state index is -4.31. The molecule has 0 aromatic carbocycles. The highest BCUT2D eigenvalue weighted by atomic mass is 31.2. The van der Waals surface area contributed by atoms with Crippen LogP contribution in [0.3, 0.4) is 0 Å². The number of aliphatic hydroxyl groups is 1. The molecule has 9 heteroatoms. The maximum Gasteiger partial charge on any atom is 0.472 e. The highest BCUT2D eigenvalue weighted by molar-refractivity contribution is 7.47. The molecule has 0 spiro atoms. The first-order valence-electron chi connectivity index (χ1n) is 29.6. The number of hydrogen-bond donors (Lipinski definition) is 3. The van der Waals surface area contributed by atoms with E-state index in [0.29, 0.717) is 23.9 Å². The summed E-state index contributed by atoms with van der Waals surface area (Å²) in [7, 11) is 1.63. The van der Waals surface area contributed by atoms with E-state index >= 15 is 0 Å². The zero-order valence-corrected chi connectivity index (χ0v) is 46.6. The molecule has 0 saturated carbocycles. The zero-order chi connectivity index (χ0) is 49.2. The van der Waals surface area contributed by atoms with Gasteiger partial charge in [0.25, 0.3) is 0 Å². The first-order chi connectivity index (χ1) is 32.5. The summed E-state index contributed by atoms with van der Waals surface area (Å²) in [6, 6.07) is -0.755. The predicted octanol–water partition coefficient (Wildman–Crippen LogP) is 17.8. The van der Waals surface area contributed by atoms with Gasteiger partial charge in [-0.3, -0.25) is 13.8 Å². The van der Waals surface area contributed by atoms with E-state index in [2.05, 4.69) is 31.3 Å². The second kappa shape index (κ2) is 50.2. The van der Waals surface area contributed by atoms with E-state index < -0.39 is 20.0 Å². The number of quaternary nitrogens is 1. The molecule has 0 bridgehead atoms. The number of unbranched alkanes of at least 4 members (excludes halogenated alkanes) is 40. The SMILES string of the molecule is CCCCCCCCCCCCCCCC/C=C\CCCCCCCCCCCCCCCCCCCC(=O)NC(COP(=O)(O)OCC[N+](C)(C)C)C(O)CCCCCCCCCCCC. The van der Waals surface area contributed by atoms with Gasteiger partial charge in [0.05, 0.1) is 39.9 Å². The molecule has 0 aliphatic rings. The lowest BCUT2D eigenvalue weighted by Crippen LogP contribution is -2.46. The third-order valence-corrected chi connectivity index (χ3v) is 14.7. The lowest BCUT2D eigenvalue weighted by molar-refractivity contribution is -0.870. The second-order valence-electron chi connectivity index (χ2n) is 21.7. The van der Waals surface area contributed by atoms with Gasteiger partial charge in [-0.1, -0.05) is 270 Å². The lowest BCUT2D eigenvalue weighted by Gasteiger charge is -2.26. The van der Waals surface area contributed by atoms with Crippen molar-refractivity contribution in [3.05, 3.63) is 12.2 Å². The number of rotatable bonds is 55. The van der Waals surface area contributed by atoms with Crippen LogP contribution in [0.5, 0.6) is 0 Å². The number of hydrogen-bond acceptors (Lipinski definition) is 5. The third-order valence-electron chi connectivity index (χ3n) is 13.8. The van der Waals surface area contributed by atoms with Crippen molar-refractivity contribution in [2.24, 2.45) is 0 Å². The van der Waals surface area contributed by atoms with Crippen LogP contribution in [0.15, 0.2) is 12.2 Å². The predicted molar refractivity (Wildman–Crippen MR) is 291 cm³/mol. The van der Waals surface area contributed by atoms with Gasteiger partial charge in [0.1, 0.15) is 13.2 Å². The van der Waals surface area contributed by atoms with E-state index in [-0.39, 0.29) is 19.1 Å². The normalized spacial score (nSPS) is 14.0. The van der Waals surface area contributed by atoms with E-state index in [9.17, 15) is 19.4 Å². The Morgan fingerprint density at radius 1 is 0.493 bits per heavy atom. The molecule has 8 nitrogen and oxygen atoms in total. The smallest absolute Gasteiger partial charge is 0.391 e. The maximum absolute atomic E-state index is 12.9. The molecule has 0 heterocycles. The summed E-state index contributed by atoms with van der Waals surface area (Å²) < 4.78 is 23.7. The van der Waals surface area contributed by atoms with Crippen molar-refractivity contribution in [2.45, 2.75) is 315 Å². The third kappa shape index (κ3) is 52.9. The van der Waals surface area contributed by atoms with Gasteiger partial charge in [0, 0.05) is 6.42 Å². The Balaban J connectivity index is 3.85. The van der Waals surface area contributed by atoms with Crippen LogP contribution in [-0.2, 0) is 18.4 Å². The molecule has 0 fully saturated rings. The van der Waals surface area contributed by atoms with Gasteiger partial charge >= 0.3 is 7.82 Å². The van der Waals surface area contributed by atoms with Gasteiger partial charge in [-0.2, -0.15) is 0 Å². The van der Waals surface area contributed by atoms with Crippen LogP contribution in [0, 0.1) is 0 Å². The molecule has 0 aliphatic carbocycles. The summed E-state index contributed by atoms with van der Waals surface area (Å²) in [6.07, 6.45) is 61.6. The second-order valence-corrected chi connectivity index (χ2v) is 23.2. The minimum absolute atomic E-state index is 0.0774. The van der Waals surface area contributed by atoms with Gasteiger partial charge in [-0.25, -0.2) is 4.57 Å². The molecule has 67 heavy (non-hydrogen) atoms. The number of likely N-dealkylation sites (N-methyl/N-ethyl adjacent to an activating group) is 1. The number of carbonyl (C=O) groups is 1. The maximum atomic E-state index is 12.9. The lowest BCUT2D eigenvalue weighted by atomic mass is 10.0. The quantitative estimate of drug-likeness (QED) is 0.0243. The van der Waals surface area contributed by atoms with Crippen LogP contribution in [0.1, 0.15) is 303 Å². The first kappa shape index (κ1) is 66.2. The molecule has 0 saturated heterocycles. The Morgan fingerprint density at radius 2 is 0.806 bits per heavy atom. The zero-order valence-electron chi connectivity index (χ0n) is 45.7. The van der Waals surface area contributed by atoms with Crippen LogP contribution in [0.2, 0.25) is 0 Å². The summed E-state index contributed by atoms with van der Waals surface area (Å²) in [5.41, 5.74) is 0. The Bertz CT molecular complexity index is 1100. The fourth-order valence-corrected chi connectivity index (χ4v) is 9.84. The van der Waals surface area contributed by atoms with Gasteiger partial charge in [0.2, 0.25) is 5.91 Å². The van der Waals surface area contributed by atoms with Crippen LogP contribution < -0.4 is 5.32 Å². The standard InChI is InChI=1S/C58H117N2O6P/c1-6-8-10-12-14-16-18-19-20-21-22-23-24-25-26-27-28-29-30-31-32-33-34-35-36-37-38-39-40-41-42-44-46-48-50-52-58(62)59-56(55-66-67(63,64)65-54-53-60(3,4)5)57(61)51-49-47-45-43-17-15-13-11-9-7-2/h27-28,56-57,61H,6-26,29-55H2,1-5H3,(H-,59,62,63,64)/p+1/b28-27-. The Hall–Kier alpha value is -0.760. The van der Waals surface area contributed by atoms with Crippen molar-refractivity contribution < 1.29 is 32.9 Å². The highest BCUT2D eigenvalue weighted by Gasteiger charge is 2.28. The summed E-state index contributed by atoms with van der Waals surface area (Å²) >= 11 is 0. The molecular formula is C58H118N2O6P+. The number of phosphoric ester groups is 1. The van der Waals surface area contributed by atoms with Crippen molar-refractivity contribution in [2.75, 3.05) is 40.9 Å². The molecule has 3 unspecified atom stereocenters. The van der Waals surface area contributed by atoms with Crippen LogP contribution in [-0.4, -0.2) is 73.4 Å². The minimum Gasteiger partial charge on any atom is -0.391 e. The summed E-state index contributed by atoms with van der Waals surface area (Å²) in [4.78, 5) is 23.2. The van der Waals surface area contributed by atoms with Crippen LogP contribution >= 0.6 is 7.82 Å². The largest absolute Gasteiger partial charge is 0.472 e. The van der Waals surface area contributed by atoms with E-state index in [4.69, 9.17) is 9.05 Å². The number of aliphatic hydroxyl groups excluding tert-OH is 1. The van der Waals surface area contributed by atoms with Crippen molar-refractivity contribution >= 4 is 13.7 Å². The molecule has 3 atom stereocenters. The molecule has 0 radical (unpaired) electrons. The van der Waals surface area contributed by atoms with Crippen molar-refractivity contribution in [1.29, 1.82) is 0 Å². The summed E-state index contributed by atoms with van der Waals surface area (Å²) in [6.45, 7) is 4.91. The van der Waals surface area contributed by atoms with Gasteiger partial charge in [0.15, 0.2) is 0 Å². The van der Waals surface area contributed by atoms with Crippen LogP contribution in [0.4, 0.5) is 0 Å². The Kier molecular flexibility index (Phi) is 49.6. The number of amides is 1. The molecule has 3 N–H and O–H groups in total. The Labute approximate surface area is 418 Å². The molecule has 0 aromatic heterocycles. The monoisotopic (exact) mass is 970 g/mol. The van der Waals surface area contributed by atoms with Crippen molar-refractivity contribution in [3.63, 3.8) is 0 Å². The molecule has 400 valence electrons. The Morgan fingerprint density at radius 3 is 1.15 bits per heavy atom. The van der Waals surface area contributed by atoms with E-state index in [1.807, 2.05) is 21.1 Å². The van der Waals surface area contributed by atoms with E-state index in [0.717, 1.165) is 38.5 Å². The number of carbonyl (C=O) groups excluding carboxylic acids is 1. The first-order valence-corrected chi connectivity index (χ1v) is 31.0. The summed E-state index contributed by atoms with van der Waals surface area (Å²) in [5, 5.41) is 14.0. The number of nitrogens with zero attached hydrogens (tertiary/aromatic N) is 1. The molecule has 0 aliphatic heterocycles. The topological polar surface area (TPSA) is 105 Å². The average molecular weight is 971 g/mol. The van der Waals surface area contributed by atoms with E-state index in [1.165, 1.54) is 238 Å². The number of phosphoric acid groups is 1. The summed E-state index contributed by atoms with van der Waals surface area (Å²) in [5.74, 6) is -0.141. The fourth-order valence-electron chi connectivity index (χ4n) is 9.10. The molecular weight excluding hydrogens is 852 g/mol. The van der Waals surface area contributed by atoms with Gasteiger partial charge in [-0.05, 0) is 38.5 Å². The fraction of sp³-hybridized carbons (Fsp3) is 0.948.